The van der Waals surface area contributed by atoms with Crippen molar-refractivity contribution in [1.82, 2.24) is 15.3 Å². The summed E-state index contributed by atoms with van der Waals surface area (Å²) < 4.78 is 5.33. The molecule has 1 N–H and O–H groups in total. The lowest BCUT2D eigenvalue weighted by Gasteiger charge is -2.36. The first-order valence-electron chi connectivity index (χ1n) is 8.88. The Balaban J connectivity index is 1.70. The summed E-state index contributed by atoms with van der Waals surface area (Å²) in [5.74, 6) is 0.870. The van der Waals surface area contributed by atoms with Crippen LogP contribution < -0.4 is 10.2 Å². The van der Waals surface area contributed by atoms with E-state index in [0.717, 1.165) is 42.7 Å². The maximum absolute atomic E-state index is 11.9. The van der Waals surface area contributed by atoms with E-state index in [1.54, 1.807) is 0 Å². The molecule has 0 spiro atoms. The van der Waals surface area contributed by atoms with Gasteiger partial charge in [0.1, 0.15) is 11.4 Å². The first kappa shape index (κ1) is 17.5. The van der Waals surface area contributed by atoms with Crippen molar-refractivity contribution in [3.05, 3.63) is 30.5 Å². The topological polar surface area (TPSA) is 67.3 Å². The number of carbonyl (C=O) groups is 1. The van der Waals surface area contributed by atoms with Crippen molar-refractivity contribution >= 4 is 22.9 Å². The Kier molecular flexibility index (Phi) is 5.06. The van der Waals surface area contributed by atoms with Crippen LogP contribution in [-0.4, -0.2) is 40.8 Å². The molecule has 1 fully saturated rings. The molecule has 134 valence electrons. The number of carbonyl (C=O) groups excluding carboxylic acids is 1. The minimum Gasteiger partial charge on any atom is -0.444 e. The molecule has 1 saturated heterocycles. The van der Waals surface area contributed by atoms with E-state index in [4.69, 9.17) is 9.72 Å². The zero-order valence-corrected chi connectivity index (χ0v) is 15.2. The first-order valence-corrected chi connectivity index (χ1v) is 8.88. The molecule has 1 aliphatic heterocycles. The minimum absolute atomic E-state index is 0.205. The Morgan fingerprint density at radius 3 is 2.80 bits per heavy atom. The van der Waals surface area contributed by atoms with Crippen LogP contribution in [-0.2, 0) is 4.74 Å². The summed E-state index contributed by atoms with van der Waals surface area (Å²) in [5.41, 5.74) is 1.30. The molecular formula is C19H26N4O2. The number of rotatable bonds is 3. The third kappa shape index (κ3) is 4.59. The lowest BCUT2D eigenvalue weighted by Crippen LogP contribution is -2.48. The summed E-state index contributed by atoms with van der Waals surface area (Å²) in [7, 11) is 0. The lowest BCUT2D eigenvalue weighted by atomic mass is 10.0. The van der Waals surface area contributed by atoms with Gasteiger partial charge in [0, 0.05) is 19.1 Å². The van der Waals surface area contributed by atoms with Crippen LogP contribution >= 0.6 is 0 Å². The van der Waals surface area contributed by atoms with Gasteiger partial charge in [-0.2, -0.15) is 0 Å². The Morgan fingerprint density at radius 2 is 2.04 bits per heavy atom. The van der Waals surface area contributed by atoms with Gasteiger partial charge in [-0.3, -0.25) is 4.98 Å². The van der Waals surface area contributed by atoms with Crippen molar-refractivity contribution in [3.63, 3.8) is 0 Å². The van der Waals surface area contributed by atoms with E-state index < -0.39 is 5.60 Å². The number of hydrogen-bond acceptors (Lipinski definition) is 5. The average molecular weight is 342 g/mol. The molecule has 25 heavy (non-hydrogen) atoms. The monoisotopic (exact) mass is 342 g/mol. The second-order valence-electron chi connectivity index (χ2n) is 7.44. The van der Waals surface area contributed by atoms with Crippen molar-refractivity contribution in [1.29, 1.82) is 0 Å². The van der Waals surface area contributed by atoms with E-state index in [0.29, 0.717) is 6.54 Å². The van der Waals surface area contributed by atoms with Crippen LogP contribution in [0.1, 0.15) is 40.0 Å². The number of aromatic nitrogens is 2. The normalized spacial score (nSPS) is 18.2. The number of benzene rings is 1. The molecule has 1 aromatic carbocycles. The van der Waals surface area contributed by atoms with Gasteiger partial charge in [-0.15, -0.1) is 0 Å². The fraction of sp³-hybridized carbons (Fsp3) is 0.526. The molecule has 0 radical (unpaired) electrons. The van der Waals surface area contributed by atoms with E-state index >= 15 is 0 Å². The summed E-state index contributed by atoms with van der Waals surface area (Å²) in [5, 5.41) is 2.89. The van der Waals surface area contributed by atoms with Gasteiger partial charge in [-0.05, 0) is 52.2 Å². The summed E-state index contributed by atoms with van der Waals surface area (Å²) in [6.45, 7) is 7.07. The third-order valence-electron chi connectivity index (χ3n) is 4.24. The van der Waals surface area contributed by atoms with E-state index in [-0.39, 0.29) is 12.1 Å². The van der Waals surface area contributed by atoms with E-state index in [2.05, 4.69) is 15.2 Å². The van der Waals surface area contributed by atoms with Gasteiger partial charge >= 0.3 is 6.09 Å². The highest BCUT2D eigenvalue weighted by Crippen LogP contribution is 2.24. The molecule has 0 unspecified atom stereocenters. The predicted octanol–water partition coefficient (Wildman–Crippen LogP) is 3.51. The maximum Gasteiger partial charge on any atom is 0.407 e. The van der Waals surface area contributed by atoms with Gasteiger partial charge in [0.15, 0.2) is 0 Å². The van der Waals surface area contributed by atoms with Gasteiger partial charge in [0.2, 0.25) is 0 Å². The Labute approximate surface area is 148 Å². The van der Waals surface area contributed by atoms with Crippen molar-refractivity contribution in [2.45, 2.75) is 51.7 Å². The van der Waals surface area contributed by atoms with Crippen molar-refractivity contribution < 1.29 is 9.53 Å². The quantitative estimate of drug-likeness (QED) is 0.924. The number of ether oxygens (including phenoxy) is 1. The molecule has 6 heteroatoms. The van der Waals surface area contributed by atoms with Crippen LogP contribution in [0, 0.1) is 0 Å². The molecule has 1 aliphatic rings. The highest BCUT2D eigenvalue weighted by Gasteiger charge is 2.25. The number of fused-ring (bicyclic) bond motifs is 1. The second kappa shape index (κ2) is 7.25. The molecule has 6 nitrogen and oxygen atoms in total. The van der Waals surface area contributed by atoms with Crippen LogP contribution in [0.5, 0.6) is 0 Å². The van der Waals surface area contributed by atoms with Crippen LogP contribution in [0.4, 0.5) is 10.6 Å². The number of hydrogen-bond donors (Lipinski definition) is 1. The van der Waals surface area contributed by atoms with E-state index in [9.17, 15) is 4.79 Å². The Bertz CT molecular complexity index is 742. The summed E-state index contributed by atoms with van der Waals surface area (Å²) in [6, 6.07) is 8.08. The Morgan fingerprint density at radius 1 is 1.28 bits per heavy atom. The SMILES string of the molecule is CC(C)(C)OC(=O)NC[C@H]1CCCCN1c1cnc2ccccc2n1. The smallest absolute Gasteiger partial charge is 0.407 e. The molecule has 2 heterocycles. The second-order valence-corrected chi connectivity index (χ2v) is 7.44. The Hall–Kier alpha value is -2.37. The molecule has 3 rings (SSSR count). The number of nitrogens with zero attached hydrogens (tertiary/aromatic N) is 3. The number of anilines is 1. The van der Waals surface area contributed by atoms with Crippen molar-refractivity contribution in [2.24, 2.45) is 0 Å². The molecule has 0 saturated carbocycles. The fourth-order valence-electron chi connectivity index (χ4n) is 3.12. The zero-order valence-electron chi connectivity index (χ0n) is 15.2. The molecule has 1 amide bonds. The van der Waals surface area contributed by atoms with Gasteiger partial charge in [-0.25, -0.2) is 9.78 Å². The number of alkyl carbamates (subject to hydrolysis) is 1. The summed E-state index contributed by atoms with van der Waals surface area (Å²) in [4.78, 5) is 23.5. The largest absolute Gasteiger partial charge is 0.444 e. The molecular weight excluding hydrogens is 316 g/mol. The first-order chi connectivity index (χ1) is 11.9. The third-order valence-corrected chi connectivity index (χ3v) is 4.24. The van der Waals surface area contributed by atoms with E-state index in [1.807, 2.05) is 51.2 Å². The standard InChI is InChI=1S/C19H26N4O2/c1-19(2,3)25-18(24)21-12-14-8-6-7-11-23(14)17-13-20-15-9-4-5-10-16(15)22-17/h4-5,9-10,13-14H,6-8,11-12H2,1-3H3,(H,21,24)/t14-/m1/s1. The summed E-state index contributed by atoms with van der Waals surface area (Å²) >= 11 is 0. The number of amides is 1. The molecule has 1 aromatic heterocycles. The minimum atomic E-state index is -0.486. The highest BCUT2D eigenvalue weighted by molar-refractivity contribution is 5.75. The van der Waals surface area contributed by atoms with Crippen molar-refractivity contribution in [3.8, 4) is 0 Å². The molecule has 2 aromatic rings. The number of para-hydroxylation sites is 2. The van der Waals surface area contributed by atoms with Crippen LogP contribution in [0.3, 0.4) is 0 Å². The fourth-order valence-corrected chi connectivity index (χ4v) is 3.12. The lowest BCUT2D eigenvalue weighted by molar-refractivity contribution is 0.0523. The maximum atomic E-state index is 11.9. The summed E-state index contributed by atoms with van der Waals surface area (Å²) in [6.07, 6.45) is 4.75. The molecule has 1 atom stereocenters. The van der Waals surface area contributed by atoms with Gasteiger partial charge in [0.25, 0.3) is 0 Å². The highest BCUT2D eigenvalue weighted by atomic mass is 16.6. The van der Waals surface area contributed by atoms with Gasteiger partial charge in [-0.1, -0.05) is 12.1 Å². The molecule has 0 bridgehead atoms. The van der Waals surface area contributed by atoms with Crippen LogP contribution in [0.2, 0.25) is 0 Å². The van der Waals surface area contributed by atoms with Crippen molar-refractivity contribution in [2.75, 3.05) is 18.0 Å². The number of piperidine rings is 1. The van der Waals surface area contributed by atoms with Gasteiger partial charge < -0.3 is 15.0 Å². The van der Waals surface area contributed by atoms with Gasteiger partial charge in [0.05, 0.1) is 17.2 Å². The average Bonchev–Trinajstić information content (AvgIpc) is 2.58. The predicted molar refractivity (Wildman–Crippen MR) is 98.8 cm³/mol. The zero-order chi connectivity index (χ0) is 17.9. The molecule has 0 aliphatic carbocycles. The number of nitrogens with one attached hydrogen (secondary N) is 1. The van der Waals surface area contributed by atoms with E-state index in [1.165, 1.54) is 0 Å². The van der Waals surface area contributed by atoms with Crippen LogP contribution in [0.25, 0.3) is 11.0 Å². The van der Waals surface area contributed by atoms with Crippen LogP contribution in [0.15, 0.2) is 30.5 Å².